The molecule has 0 radical (unpaired) electrons. The molecule has 0 N–H and O–H groups in total. The van der Waals surface area contributed by atoms with Crippen LogP contribution in [0.2, 0.25) is 0 Å². The molecule has 0 amide bonds. The van der Waals surface area contributed by atoms with Crippen LogP contribution in [0.15, 0.2) is 12.4 Å². The molecule has 0 saturated carbocycles. The number of ether oxygens (including phenoxy) is 1. The number of esters is 1. The van der Waals surface area contributed by atoms with Gasteiger partial charge in [-0.05, 0) is 6.92 Å². The van der Waals surface area contributed by atoms with E-state index in [1.165, 1.54) is 0 Å². The number of hydrogen-bond acceptors (Lipinski definition) is 4. The van der Waals surface area contributed by atoms with Crippen molar-refractivity contribution in [2.45, 2.75) is 6.92 Å². The topological polar surface area (TPSA) is 57.0 Å². The van der Waals surface area contributed by atoms with Crippen LogP contribution in [0.3, 0.4) is 0 Å². The lowest BCUT2D eigenvalue weighted by atomic mass is 10.3. The van der Waals surface area contributed by atoms with E-state index in [-0.39, 0.29) is 12.2 Å². The number of aromatic nitrogens is 3. The van der Waals surface area contributed by atoms with Gasteiger partial charge in [-0.15, -0.1) is 0 Å². The molecule has 106 valence electrons. The van der Waals surface area contributed by atoms with Crippen LogP contribution in [0.25, 0.3) is 5.69 Å². The number of rotatable bonds is 3. The second-order valence-corrected chi connectivity index (χ2v) is 3.56. The number of nitrogens with zero attached hydrogens (tertiary/aromatic N) is 3. The molecule has 0 unspecified atom stereocenters. The largest absolute Gasteiger partial charge is 0.462 e. The van der Waals surface area contributed by atoms with Crippen molar-refractivity contribution in [3.8, 4) is 5.69 Å². The predicted molar refractivity (Wildman–Crippen MR) is 57.1 cm³/mol. The molecule has 0 bridgehead atoms. The highest BCUT2D eigenvalue weighted by Gasteiger charge is 2.23. The van der Waals surface area contributed by atoms with Crippen molar-refractivity contribution in [2.24, 2.45) is 0 Å². The van der Waals surface area contributed by atoms with Crippen molar-refractivity contribution >= 4 is 5.97 Å². The summed E-state index contributed by atoms with van der Waals surface area (Å²) in [6.07, 6.45) is 1.84. The summed E-state index contributed by atoms with van der Waals surface area (Å²) in [7, 11) is 0. The van der Waals surface area contributed by atoms with Crippen LogP contribution < -0.4 is 0 Å². The maximum atomic E-state index is 13.5. The van der Waals surface area contributed by atoms with Gasteiger partial charge < -0.3 is 4.74 Å². The first kappa shape index (κ1) is 14.0. The zero-order valence-corrected chi connectivity index (χ0v) is 10.0. The Morgan fingerprint density at radius 2 is 1.85 bits per heavy atom. The first-order valence-corrected chi connectivity index (χ1v) is 5.37. The fourth-order valence-corrected chi connectivity index (χ4v) is 1.44. The van der Waals surface area contributed by atoms with Crippen LogP contribution in [0.4, 0.5) is 17.6 Å². The first-order valence-electron chi connectivity index (χ1n) is 5.37. The van der Waals surface area contributed by atoms with E-state index in [2.05, 4.69) is 14.8 Å². The summed E-state index contributed by atoms with van der Waals surface area (Å²) < 4.78 is 58.0. The minimum atomic E-state index is -1.81. The fourth-order valence-electron chi connectivity index (χ4n) is 1.44. The Kier molecular flexibility index (Phi) is 3.68. The Balaban J connectivity index is 2.50. The Labute approximate surface area is 109 Å². The van der Waals surface area contributed by atoms with Gasteiger partial charge in [0, 0.05) is 6.20 Å². The van der Waals surface area contributed by atoms with Crippen molar-refractivity contribution in [1.29, 1.82) is 0 Å². The summed E-state index contributed by atoms with van der Waals surface area (Å²) in [4.78, 5) is 13.8. The average molecular weight is 289 g/mol. The van der Waals surface area contributed by atoms with Gasteiger partial charge in [-0.2, -0.15) is 27.6 Å². The average Bonchev–Trinajstić information content (AvgIpc) is 2.87. The van der Waals surface area contributed by atoms with E-state index in [9.17, 15) is 22.4 Å². The lowest BCUT2D eigenvalue weighted by Crippen LogP contribution is -2.09. The molecule has 0 aliphatic rings. The van der Waals surface area contributed by atoms with Crippen LogP contribution in [0.5, 0.6) is 0 Å². The third-order valence-electron chi connectivity index (χ3n) is 2.30. The maximum Gasteiger partial charge on any atom is 0.341 e. The van der Waals surface area contributed by atoms with Crippen LogP contribution in [0, 0.1) is 23.5 Å². The normalized spacial score (nSPS) is 10.7. The molecule has 0 aliphatic heterocycles. The van der Waals surface area contributed by atoms with Crippen molar-refractivity contribution in [3.63, 3.8) is 0 Å². The van der Waals surface area contributed by atoms with Crippen LogP contribution in [-0.2, 0) is 4.74 Å². The Morgan fingerprint density at radius 1 is 1.25 bits per heavy atom. The van der Waals surface area contributed by atoms with Gasteiger partial charge in [0.1, 0.15) is 5.69 Å². The molecule has 0 fully saturated rings. The molecular weight excluding hydrogens is 282 g/mol. The second kappa shape index (κ2) is 5.27. The molecule has 9 heteroatoms. The second-order valence-electron chi connectivity index (χ2n) is 3.56. The summed E-state index contributed by atoms with van der Waals surface area (Å²) in [6.45, 7) is 1.65. The van der Waals surface area contributed by atoms with Gasteiger partial charge in [0.15, 0.2) is 0 Å². The highest BCUT2D eigenvalue weighted by molar-refractivity contribution is 5.88. The molecule has 0 aromatic carbocycles. The Bertz CT molecular complexity index is 646. The number of halogens is 4. The van der Waals surface area contributed by atoms with E-state index in [0.717, 1.165) is 12.4 Å². The van der Waals surface area contributed by atoms with E-state index in [1.54, 1.807) is 6.92 Å². The minimum Gasteiger partial charge on any atom is -0.462 e. The molecule has 5 nitrogen and oxygen atoms in total. The highest BCUT2D eigenvalue weighted by Crippen LogP contribution is 2.20. The zero-order valence-electron chi connectivity index (χ0n) is 10.0. The summed E-state index contributed by atoms with van der Waals surface area (Å²) >= 11 is 0. The lowest BCUT2D eigenvalue weighted by molar-refractivity contribution is 0.0526. The van der Waals surface area contributed by atoms with Crippen molar-refractivity contribution < 1.29 is 27.1 Å². The van der Waals surface area contributed by atoms with Gasteiger partial charge in [-0.25, -0.2) is 9.48 Å². The predicted octanol–water partition coefficient (Wildman–Crippen LogP) is 2.00. The molecule has 20 heavy (non-hydrogen) atoms. The summed E-state index contributed by atoms with van der Waals surface area (Å²) in [5.41, 5.74) is -1.23. The molecule has 2 rings (SSSR count). The van der Waals surface area contributed by atoms with Crippen LogP contribution >= 0.6 is 0 Å². The van der Waals surface area contributed by atoms with Crippen LogP contribution in [0.1, 0.15) is 17.3 Å². The number of carbonyl (C=O) groups is 1. The smallest absolute Gasteiger partial charge is 0.341 e. The van der Waals surface area contributed by atoms with E-state index >= 15 is 0 Å². The zero-order chi connectivity index (χ0) is 14.9. The summed E-state index contributed by atoms with van der Waals surface area (Å²) in [5.74, 6) is -7.85. The quantitative estimate of drug-likeness (QED) is 0.492. The molecule has 2 aromatic heterocycles. The molecule has 0 atom stereocenters. The van der Waals surface area contributed by atoms with Gasteiger partial charge in [0.25, 0.3) is 11.9 Å². The molecule has 0 saturated heterocycles. The maximum absolute atomic E-state index is 13.5. The standard InChI is InChI=1S/C11H7F4N3O2/c1-2-20-11(19)5-3-16-18(4-5)8-6(12)9(14)17-10(15)7(8)13/h3-4H,2H2,1H3. The number of pyridine rings is 1. The Morgan fingerprint density at radius 3 is 2.40 bits per heavy atom. The summed E-state index contributed by atoms with van der Waals surface area (Å²) in [5, 5.41) is 3.47. The number of hydrogen-bond donors (Lipinski definition) is 0. The number of carbonyl (C=O) groups excluding carboxylic acids is 1. The van der Waals surface area contributed by atoms with Crippen molar-refractivity contribution in [3.05, 3.63) is 41.5 Å². The van der Waals surface area contributed by atoms with E-state index in [0.29, 0.717) is 4.68 Å². The Hall–Kier alpha value is -2.45. The third-order valence-corrected chi connectivity index (χ3v) is 2.30. The first-order chi connectivity index (χ1) is 9.45. The lowest BCUT2D eigenvalue weighted by Gasteiger charge is -2.05. The monoisotopic (exact) mass is 289 g/mol. The fraction of sp³-hybridized carbons (Fsp3) is 0.182. The van der Waals surface area contributed by atoms with E-state index in [4.69, 9.17) is 0 Å². The molecule has 0 aliphatic carbocycles. The van der Waals surface area contributed by atoms with Crippen molar-refractivity contribution in [2.75, 3.05) is 6.61 Å². The molecule has 0 spiro atoms. The van der Waals surface area contributed by atoms with E-state index in [1.807, 2.05) is 0 Å². The van der Waals surface area contributed by atoms with Gasteiger partial charge in [-0.3, -0.25) is 0 Å². The van der Waals surface area contributed by atoms with Crippen molar-refractivity contribution in [1.82, 2.24) is 14.8 Å². The van der Waals surface area contributed by atoms with Gasteiger partial charge >= 0.3 is 5.97 Å². The molecule has 2 aromatic rings. The third kappa shape index (κ3) is 2.33. The van der Waals surface area contributed by atoms with Gasteiger partial charge in [0.05, 0.1) is 18.4 Å². The SMILES string of the molecule is CCOC(=O)c1cnn(-c2c(F)c(F)nc(F)c2F)c1. The van der Waals surface area contributed by atoms with E-state index < -0.39 is 35.2 Å². The van der Waals surface area contributed by atoms with Crippen LogP contribution in [-0.4, -0.2) is 27.3 Å². The highest BCUT2D eigenvalue weighted by atomic mass is 19.2. The minimum absolute atomic E-state index is 0.0885. The van der Waals surface area contributed by atoms with Gasteiger partial charge in [-0.1, -0.05) is 0 Å². The van der Waals surface area contributed by atoms with Gasteiger partial charge in [0.2, 0.25) is 11.6 Å². The molecule has 2 heterocycles. The molecular formula is C11H7F4N3O2. The summed E-state index contributed by atoms with van der Waals surface area (Å²) in [6, 6.07) is 0.